The van der Waals surface area contributed by atoms with Gasteiger partial charge in [0.2, 0.25) is 0 Å². The Labute approximate surface area is 137 Å². The summed E-state index contributed by atoms with van der Waals surface area (Å²) in [7, 11) is 0. The zero-order valence-corrected chi connectivity index (χ0v) is 13.5. The number of fused-ring (bicyclic) bond motifs is 1. The first-order chi connectivity index (χ1) is 11.1. The van der Waals surface area contributed by atoms with E-state index in [1.54, 1.807) is 12.3 Å². The van der Waals surface area contributed by atoms with Crippen LogP contribution in [0.4, 0.5) is 0 Å². The van der Waals surface area contributed by atoms with Gasteiger partial charge in [0.15, 0.2) is 0 Å². The minimum absolute atomic E-state index is 0.242. The highest BCUT2D eigenvalue weighted by Gasteiger charge is 2.72. The molecule has 0 bridgehead atoms. The lowest BCUT2D eigenvalue weighted by molar-refractivity contribution is -0.142. The number of nitrogens with zero attached hydrogens (tertiary/aromatic N) is 1. The summed E-state index contributed by atoms with van der Waals surface area (Å²) in [5.41, 5.74) is -0.0372. The van der Waals surface area contributed by atoms with E-state index in [9.17, 15) is 14.7 Å². The Morgan fingerprint density at radius 2 is 2.00 bits per heavy atom. The number of carbonyl (C=O) groups is 2. The molecule has 23 heavy (non-hydrogen) atoms. The van der Waals surface area contributed by atoms with Crippen molar-refractivity contribution >= 4 is 33.4 Å². The Hall–Kier alpha value is -1.95. The molecule has 2 heterocycles. The first-order valence-electron chi connectivity index (χ1n) is 7.96. The van der Waals surface area contributed by atoms with Crippen molar-refractivity contribution in [2.75, 3.05) is 0 Å². The minimum Gasteiger partial charge on any atom is -0.479 e. The molecular formula is C17H18N2O3S. The van der Waals surface area contributed by atoms with Gasteiger partial charge in [0.05, 0.1) is 15.8 Å². The van der Waals surface area contributed by atoms with E-state index in [1.165, 1.54) is 11.3 Å². The van der Waals surface area contributed by atoms with E-state index in [1.807, 2.05) is 11.4 Å². The van der Waals surface area contributed by atoms with Gasteiger partial charge in [-0.1, -0.05) is 19.3 Å². The van der Waals surface area contributed by atoms with Gasteiger partial charge in [0.25, 0.3) is 5.91 Å². The number of pyridine rings is 1. The van der Waals surface area contributed by atoms with Gasteiger partial charge < -0.3 is 10.4 Å². The molecule has 2 N–H and O–H groups in total. The molecule has 0 aromatic carbocycles. The molecule has 2 fully saturated rings. The molecule has 1 spiro atoms. The van der Waals surface area contributed by atoms with Crippen LogP contribution in [-0.2, 0) is 4.79 Å². The number of carboxylic acids is 1. The quantitative estimate of drug-likeness (QED) is 0.906. The van der Waals surface area contributed by atoms with Gasteiger partial charge in [-0.05, 0) is 36.8 Å². The maximum Gasteiger partial charge on any atom is 0.330 e. The van der Waals surface area contributed by atoms with Crippen LogP contribution >= 0.6 is 11.3 Å². The molecule has 120 valence electrons. The van der Waals surface area contributed by atoms with Crippen molar-refractivity contribution < 1.29 is 14.7 Å². The molecule has 0 saturated heterocycles. The van der Waals surface area contributed by atoms with Crippen LogP contribution in [0.1, 0.15) is 48.9 Å². The lowest BCUT2D eigenvalue weighted by Gasteiger charge is -2.27. The highest BCUT2D eigenvalue weighted by atomic mass is 32.1. The summed E-state index contributed by atoms with van der Waals surface area (Å²) in [6.07, 6.45) is 7.20. The van der Waals surface area contributed by atoms with Gasteiger partial charge in [-0.25, -0.2) is 4.79 Å². The largest absolute Gasteiger partial charge is 0.479 e. The third-order valence-electron chi connectivity index (χ3n) is 5.48. The molecule has 2 aliphatic rings. The van der Waals surface area contributed by atoms with E-state index >= 15 is 0 Å². The molecule has 2 aromatic heterocycles. The minimum atomic E-state index is -1.09. The molecule has 2 aromatic rings. The van der Waals surface area contributed by atoms with Crippen molar-refractivity contribution in [3.05, 3.63) is 29.3 Å². The van der Waals surface area contributed by atoms with Gasteiger partial charge >= 0.3 is 5.97 Å². The van der Waals surface area contributed by atoms with Crippen LogP contribution in [0.5, 0.6) is 0 Å². The predicted molar refractivity (Wildman–Crippen MR) is 87.6 cm³/mol. The fourth-order valence-corrected chi connectivity index (χ4v) is 5.00. The van der Waals surface area contributed by atoms with Gasteiger partial charge in [-0.15, -0.1) is 11.3 Å². The molecule has 2 saturated carbocycles. The van der Waals surface area contributed by atoms with Crippen molar-refractivity contribution in [2.24, 2.45) is 5.41 Å². The Morgan fingerprint density at radius 3 is 2.74 bits per heavy atom. The molecule has 2 aliphatic carbocycles. The molecule has 1 unspecified atom stereocenters. The van der Waals surface area contributed by atoms with E-state index in [-0.39, 0.29) is 11.3 Å². The van der Waals surface area contributed by atoms with E-state index in [4.69, 9.17) is 0 Å². The summed E-state index contributed by atoms with van der Waals surface area (Å²) < 4.78 is 0.809. The van der Waals surface area contributed by atoms with Crippen LogP contribution < -0.4 is 5.32 Å². The second-order valence-electron chi connectivity index (χ2n) is 6.68. The van der Waals surface area contributed by atoms with E-state index < -0.39 is 11.5 Å². The highest BCUT2D eigenvalue weighted by Crippen LogP contribution is 2.64. The summed E-state index contributed by atoms with van der Waals surface area (Å²) in [6.45, 7) is 0. The first-order valence-corrected chi connectivity index (χ1v) is 8.84. The Bertz CT molecular complexity index is 794. The van der Waals surface area contributed by atoms with Crippen LogP contribution in [-0.4, -0.2) is 27.5 Å². The maximum absolute atomic E-state index is 12.7. The SMILES string of the molecule is O=C(NC1(C(=O)O)CC12CCCCC2)c1ccnc2ccsc12. The van der Waals surface area contributed by atoms with Crippen LogP contribution in [0.15, 0.2) is 23.7 Å². The topological polar surface area (TPSA) is 79.3 Å². The highest BCUT2D eigenvalue weighted by molar-refractivity contribution is 7.17. The molecule has 4 rings (SSSR count). The van der Waals surface area contributed by atoms with Gasteiger partial charge in [-0.2, -0.15) is 0 Å². The zero-order chi connectivity index (χ0) is 16.1. The standard InChI is InChI=1S/C17H18N2O3S/c20-14(11-4-8-18-12-5-9-23-13(11)12)19-17(15(21)22)10-16(17)6-2-1-3-7-16/h4-5,8-9H,1-3,6-7,10H2,(H,19,20)(H,21,22). The molecule has 0 aliphatic heterocycles. The van der Waals surface area contributed by atoms with Crippen LogP contribution in [0.25, 0.3) is 10.2 Å². The summed E-state index contributed by atoms with van der Waals surface area (Å²) >= 11 is 1.45. The summed E-state index contributed by atoms with van der Waals surface area (Å²) in [6, 6.07) is 3.53. The average Bonchev–Trinajstić information content (AvgIpc) is 2.94. The number of rotatable bonds is 3. The second kappa shape index (κ2) is 5.03. The number of hydrogen-bond donors (Lipinski definition) is 2. The maximum atomic E-state index is 12.7. The molecule has 0 radical (unpaired) electrons. The van der Waals surface area contributed by atoms with Crippen LogP contribution in [0, 0.1) is 5.41 Å². The van der Waals surface area contributed by atoms with Crippen molar-refractivity contribution in [1.82, 2.24) is 10.3 Å². The number of carbonyl (C=O) groups excluding carboxylic acids is 1. The summed E-state index contributed by atoms with van der Waals surface area (Å²) in [5.74, 6) is -1.20. The fourth-order valence-electron chi connectivity index (χ4n) is 4.14. The van der Waals surface area contributed by atoms with Crippen molar-refractivity contribution in [1.29, 1.82) is 0 Å². The first kappa shape index (κ1) is 14.6. The number of thiophene rings is 1. The van der Waals surface area contributed by atoms with Crippen LogP contribution in [0.3, 0.4) is 0 Å². The predicted octanol–water partition coefficient (Wildman–Crippen LogP) is 3.20. The molecular weight excluding hydrogens is 312 g/mol. The van der Waals surface area contributed by atoms with Gasteiger partial charge in [0.1, 0.15) is 5.54 Å². The third kappa shape index (κ3) is 2.08. The Kier molecular flexibility index (Phi) is 3.20. The number of aliphatic carboxylic acids is 1. The molecule has 1 atom stereocenters. The number of aromatic nitrogens is 1. The van der Waals surface area contributed by atoms with Crippen molar-refractivity contribution in [2.45, 2.75) is 44.1 Å². The van der Waals surface area contributed by atoms with E-state index in [0.717, 1.165) is 42.3 Å². The van der Waals surface area contributed by atoms with E-state index in [0.29, 0.717) is 12.0 Å². The smallest absolute Gasteiger partial charge is 0.330 e. The zero-order valence-electron chi connectivity index (χ0n) is 12.7. The number of hydrogen-bond acceptors (Lipinski definition) is 4. The summed E-state index contributed by atoms with van der Waals surface area (Å²) in [4.78, 5) is 28.9. The average molecular weight is 330 g/mol. The third-order valence-corrected chi connectivity index (χ3v) is 6.41. The summed E-state index contributed by atoms with van der Waals surface area (Å²) in [5, 5.41) is 14.5. The second-order valence-corrected chi connectivity index (χ2v) is 7.59. The van der Waals surface area contributed by atoms with Gasteiger partial charge in [0, 0.05) is 11.6 Å². The molecule has 1 amide bonds. The molecule has 6 heteroatoms. The normalized spacial score (nSPS) is 25.4. The monoisotopic (exact) mass is 330 g/mol. The fraction of sp³-hybridized carbons (Fsp3) is 0.471. The van der Waals surface area contributed by atoms with Gasteiger partial charge in [-0.3, -0.25) is 9.78 Å². The number of carboxylic acid groups (broad SMARTS) is 1. The Morgan fingerprint density at radius 1 is 1.22 bits per heavy atom. The Balaban J connectivity index is 1.65. The molecule has 5 nitrogen and oxygen atoms in total. The van der Waals surface area contributed by atoms with Crippen molar-refractivity contribution in [3.8, 4) is 0 Å². The number of amides is 1. The van der Waals surface area contributed by atoms with Crippen molar-refractivity contribution in [3.63, 3.8) is 0 Å². The lowest BCUT2D eigenvalue weighted by atomic mass is 9.82. The lowest BCUT2D eigenvalue weighted by Crippen LogP contribution is -2.48. The van der Waals surface area contributed by atoms with E-state index in [2.05, 4.69) is 10.3 Å². The number of nitrogens with one attached hydrogen (secondary N) is 1. The van der Waals surface area contributed by atoms with Crippen LogP contribution in [0.2, 0.25) is 0 Å².